The summed E-state index contributed by atoms with van der Waals surface area (Å²) in [5.41, 5.74) is -0.824. The third-order valence-corrected chi connectivity index (χ3v) is 4.94. The molecule has 0 bridgehead atoms. The van der Waals surface area contributed by atoms with Gasteiger partial charge in [-0.2, -0.15) is 0 Å². The van der Waals surface area contributed by atoms with Crippen molar-refractivity contribution in [3.05, 3.63) is 0 Å². The first-order chi connectivity index (χ1) is 9.43. The Kier molecular flexibility index (Phi) is 4.55. The number of urea groups is 1. The predicted octanol–water partition coefficient (Wildman–Crippen LogP) is 2.46. The molecule has 3 atom stereocenters. The van der Waals surface area contributed by atoms with Crippen LogP contribution in [-0.2, 0) is 4.79 Å². The molecule has 0 aromatic rings. The third-order valence-electron chi connectivity index (χ3n) is 4.94. The fourth-order valence-electron chi connectivity index (χ4n) is 3.44. The summed E-state index contributed by atoms with van der Waals surface area (Å²) in [5.74, 6) is -0.263. The van der Waals surface area contributed by atoms with E-state index < -0.39 is 11.4 Å². The fraction of sp³-hybridized carbons (Fsp3) is 0.867. The largest absolute Gasteiger partial charge is 0.481 e. The summed E-state index contributed by atoms with van der Waals surface area (Å²) in [6.45, 7) is 5.48. The van der Waals surface area contributed by atoms with Gasteiger partial charge < -0.3 is 15.3 Å². The molecular formula is C15H26N2O3. The second kappa shape index (κ2) is 6.02. The topological polar surface area (TPSA) is 69.6 Å². The second-order valence-corrected chi connectivity index (χ2v) is 6.66. The lowest BCUT2D eigenvalue weighted by Gasteiger charge is -2.40. The van der Waals surface area contributed by atoms with Crippen LogP contribution in [0.1, 0.15) is 52.4 Å². The van der Waals surface area contributed by atoms with Crippen LogP contribution in [0.2, 0.25) is 0 Å². The van der Waals surface area contributed by atoms with E-state index in [1.54, 1.807) is 6.92 Å². The van der Waals surface area contributed by atoms with Gasteiger partial charge in [0.2, 0.25) is 0 Å². The molecule has 3 unspecified atom stereocenters. The van der Waals surface area contributed by atoms with Crippen LogP contribution in [0.5, 0.6) is 0 Å². The average molecular weight is 282 g/mol. The molecule has 0 aromatic heterocycles. The number of carbonyl (C=O) groups excluding carboxylic acids is 1. The molecule has 5 nitrogen and oxygen atoms in total. The normalized spacial score (nSPS) is 34.6. The first-order valence-electron chi connectivity index (χ1n) is 7.72. The van der Waals surface area contributed by atoms with E-state index in [2.05, 4.69) is 12.2 Å². The summed E-state index contributed by atoms with van der Waals surface area (Å²) in [4.78, 5) is 25.7. The Labute approximate surface area is 120 Å². The highest BCUT2D eigenvalue weighted by atomic mass is 16.4. The van der Waals surface area contributed by atoms with Gasteiger partial charge in [0.1, 0.15) is 0 Å². The Morgan fingerprint density at radius 3 is 2.65 bits per heavy atom. The quantitative estimate of drug-likeness (QED) is 0.817. The van der Waals surface area contributed by atoms with Crippen LogP contribution in [-0.4, -0.2) is 41.1 Å². The summed E-state index contributed by atoms with van der Waals surface area (Å²) >= 11 is 0. The molecule has 0 radical (unpaired) electrons. The van der Waals surface area contributed by atoms with Crippen molar-refractivity contribution in [2.45, 2.75) is 58.4 Å². The molecular weight excluding hydrogens is 256 g/mol. The van der Waals surface area contributed by atoms with E-state index in [9.17, 15) is 14.7 Å². The zero-order valence-electron chi connectivity index (χ0n) is 12.5. The molecule has 2 rings (SSSR count). The van der Waals surface area contributed by atoms with Gasteiger partial charge in [-0.1, -0.05) is 19.8 Å². The maximum Gasteiger partial charge on any atom is 0.317 e. The number of amides is 2. The number of likely N-dealkylation sites (tertiary alicyclic amines) is 1. The number of carboxylic acid groups (broad SMARTS) is 1. The molecule has 2 N–H and O–H groups in total. The lowest BCUT2D eigenvalue weighted by Crippen LogP contribution is -2.56. The molecule has 2 amide bonds. The SMILES string of the molecule is CC1CCCN(C(=O)NC2CCCCC2(C)C(=O)O)C1. The molecule has 20 heavy (non-hydrogen) atoms. The van der Waals surface area contributed by atoms with Crippen LogP contribution in [0, 0.1) is 11.3 Å². The van der Waals surface area contributed by atoms with Crippen molar-refractivity contribution < 1.29 is 14.7 Å². The van der Waals surface area contributed by atoms with Crippen LogP contribution in [0.3, 0.4) is 0 Å². The molecule has 1 heterocycles. The van der Waals surface area contributed by atoms with E-state index in [1.807, 2.05) is 4.90 Å². The number of rotatable bonds is 2. The first-order valence-corrected chi connectivity index (χ1v) is 7.72. The van der Waals surface area contributed by atoms with Gasteiger partial charge in [0.25, 0.3) is 0 Å². The van der Waals surface area contributed by atoms with E-state index in [0.717, 1.165) is 38.8 Å². The van der Waals surface area contributed by atoms with E-state index in [4.69, 9.17) is 0 Å². The van der Waals surface area contributed by atoms with Crippen molar-refractivity contribution in [2.24, 2.45) is 11.3 Å². The van der Waals surface area contributed by atoms with E-state index in [-0.39, 0.29) is 12.1 Å². The Bertz CT molecular complexity index is 385. The summed E-state index contributed by atoms with van der Waals surface area (Å²) in [6, 6.07) is -0.339. The van der Waals surface area contributed by atoms with Crippen LogP contribution in [0.25, 0.3) is 0 Å². The Morgan fingerprint density at radius 1 is 1.25 bits per heavy atom. The summed E-state index contributed by atoms with van der Waals surface area (Å²) in [5, 5.41) is 12.5. The van der Waals surface area contributed by atoms with Crippen molar-refractivity contribution in [1.82, 2.24) is 10.2 Å². The monoisotopic (exact) mass is 282 g/mol. The van der Waals surface area contributed by atoms with E-state index in [1.165, 1.54) is 6.42 Å². The molecule has 1 aliphatic heterocycles. The van der Waals surface area contributed by atoms with Crippen LogP contribution >= 0.6 is 0 Å². The zero-order valence-corrected chi connectivity index (χ0v) is 12.5. The third kappa shape index (κ3) is 3.07. The number of nitrogens with zero attached hydrogens (tertiary/aromatic N) is 1. The number of carboxylic acids is 1. The number of carbonyl (C=O) groups is 2. The van der Waals surface area contributed by atoms with Crippen molar-refractivity contribution in [2.75, 3.05) is 13.1 Å². The maximum absolute atomic E-state index is 12.3. The Morgan fingerprint density at radius 2 is 2.00 bits per heavy atom. The van der Waals surface area contributed by atoms with Crippen molar-refractivity contribution in [3.63, 3.8) is 0 Å². The molecule has 1 saturated carbocycles. The summed E-state index contributed by atoms with van der Waals surface area (Å²) in [6.07, 6.45) is 5.53. The highest BCUT2D eigenvalue weighted by Gasteiger charge is 2.44. The second-order valence-electron chi connectivity index (χ2n) is 6.66. The molecule has 2 fully saturated rings. The van der Waals surface area contributed by atoms with Gasteiger partial charge >= 0.3 is 12.0 Å². The number of aliphatic carboxylic acids is 1. The van der Waals surface area contributed by atoms with Crippen LogP contribution < -0.4 is 5.32 Å². The molecule has 1 saturated heterocycles. The van der Waals surface area contributed by atoms with Gasteiger partial charge in [-0.15, -0.1) is 0 Å². The summed E-state index contributed by atoms with van der Waals surface area (Å²) < 4.78 is 0. The fourth-order valence-corrected chi connectivity index (χ4v) is 3.44. The van der Waals surface area contributed by atoms with E-state index >= 15 is 0 Å². The molecule has 1 aliphatic carbocycles. The molecule has 0 spiro atoms. The van der Waals surface area contributed by atoms with Gasteiger partial charge in [0.05, 0.1) is 5.41 Å². The van der Waals surface area contributed by atoms with E-state index in [0.29, 0.717) is 12.3 Å². The highest BCUT2D eigenvalue weighted by Crippen LogP contribution is 2.36. The highest BCUT2D eigenvalue weighted by molar-refractivity contribution is 5.79. The van der Waals surface area contributed by atoms with Crippen LogP contribution in [0.15, 0.2) is 0 Å². The van der Waals surface area contributed by atoms with Gasteiger partial charge in [-0.05, 0) is 38.5 Å². The number of hydrogen-bond donors (Lipinski definition) is 2. The van der Waals surface area contributed by atoms with Crippen molar-refractivity contribution in [3.8, 4) is 0 Å². The summed E-state index contributed by atoms with van der Waals surface area (Å²) in [7, 11) is 0. The van der Waals surface area contributed by atoms with Crippen molar-refractivity contribution in [1.29, 1.82) is 0 Å². The zero-order chi connectivity index (χ0) is 14.8. The molecule has 114 valence electrons. The standard InChI is InChI=1S/C15H26N2O3/c1-11-6-5-9-17(10-11)14(20)16-12-7-3-4-8-15(12,2)13(18)19/h11-12H,3-10H2,1-2H3,(H,16,20)(H,18,19). The van der Waals surface area contributed by atoms with Gasteiger partial charge in [-0.3, -0.25) is 4.79 Å². The Hall–Kier alpha value is -1.26. The molecule has 0 aromatic carbocycles. The number of piperidine rings is 1. The minimum atomic E-state index is -0.824. The Balaban J connectivity index is 1.99. The van der Waals surface area contributed by atoms with Gasteiger partial charge in [-0.25, -0.2) is 4.79 Å². The average Bonchev–Trinajstić information content (AvgIpc) is 2.41. The first kappa shape index (κ1) is 15.1. The lowest BCUT2D eigenvalue weighted by atomic mass is 9.72. The van der Waals surface area contributed by atoms with Gasteiger partial charge in [0.15, 0.2) is 0 Å². The smallest absolute Gasteiger partial charge is 0.317 e. The predicted molar refractivity (Wildman–Crippen MR) is 76.5 cm³/mol. The van der Waals surface area contributed by atoms with Crippen LogP contribution in [0.4, 0.5) is 4.79 Å². The molecule has 2 aliphatic rings. The molecule has 5 heteroatoms. The minimum Gasteiger partial charge on any atom is -0.481 e. The minimum absolute atomic E-state index is 0.0871. The lowest BCUT2D eigenvalue weighted by molar-refractivity contribution is -0.151. The maximum atomic E-state index is 12.3. The number of hydrogen-bond acceptors (Lipinski definition) is 2. The number of nitrogens with one attached hydrogen (secondary N) is 1. The van der Waals surface area contributed by atoms with Gasteiger partial charge in [0, 0.05) is 19.1 Å². The van der Waals surface area contributed by atoms with Crippen molar-refractivity contribution >= 4 is 12.0 Å².